The number of hydrogen-bond donors (Lipinski definition) is 0. The number of benzene rings is 2. The Labute approximate surface area is 145 Å². The van der Waals surface area contributed by atoms with E-state index in [1.165, 1.54) is 5.56 Å². The lowest BCUT2D eigenvalue weighted by Crippen LogP contribution is -2.37. The number of piperidine rings is 1. The number of carbonyl (C=O) groups excluding carboxylic acids is 1. The Morgan fingerprint density at radius 2 is 1.83 bits per heavy atom. The van der Waals surface area contributed by atoms with Crippen molar-refractivity contribution < 1.29 is 9.53 Å². The summed E-state index contributed by atoms with van der Waals surface area (Å²) in [6.45, 7) is 1.62. The van der Waals surface area contributed by atoms with E-state index in [4.69, 9.17) is 4.74 Å². The molecule has 0 atom stereocenters. The summed E-state index contributed by atoms with van der Waals surface area (Å²) in [6.07, 6.45) is 2.04. The molecule has 3 rings (SSSR count). The zero-order valence-corrected chi connectivity index (χ0v) is 14.8. The van der Waals surface area contributed by atoms with Crippen molar-refractivity contribution in [3.63, 3.8) is 0 Å². The number of nitrogens with zero attached hydrogens (tertiary/aromatic N) is 1. The van der Waals surface area contributed by atoms with E-state index in [0.29, 0.717) is 11.5 Å². The average molecular weight is 374 g/mol. The average Bonchev–Trinajstić information content (AvgIpc) is 2.62. The van der Waals surface area contributed by atoms with Crippen LogP contribution < -0.4 is 4.74 Å². The Bertz CT molecular complexity index is 679. The number of ether oxygens (including phenoxy) is 1. The van der Waals surface area contributed by atoms with Crippen LogP contribution in [0.25, 0.3) is 0 Å². The highest BCUT2D eigenvalue weighted by atomic mass is 79.9. The van der Waals surface area contributed by atoms with Crippen molar-refractivity contribution in [2.24, 2.45) is 0 Å². The maximum absolute atomic E-state index is 12.7. The van der Waals surface area contributed by atoms with Crippen molar-refractivity contribution in [3.05, 3.63) is 64.1 Å². The second-order valence-corrected chi connectivity index (χ2v) is 6.68. The molecule has 0 bridgehead atoms. The Morgan fingerprint density at radius 1 is 1.13 bits per heavy atom. The number of likely N-dealkylation sites (tertiary alicyclic amines) is 1. The minimum absolute atomic E-state index is 0.0971. The van der Waals surface area contributed by atoms with Gasteiger partial charge in [-0.05, 0) is 58.5 Å². The van der Waals surface area contributed by atoms with Gasteiger partial charge in [-0.3, -0.25) is 4.79 Å². The molecule has 0 spiro atoms. The van der Waals surface area contributed by atoms with Crippen LogP contribution in [-0.2, 0) is 0 Å². The lowest BCUT2D eigenvalue weighted by molar-refractivity contribution is 0.0713. The van der Waals surface area contributed by atoms with E-state index in [9.17, 15) is 4.79 Å². The largest absolute Gasteiger partial charge is 0.496 e. The van der Waals surface area contributed by atoms with Crippen LogP contribution in [0.3, 0.4) is 0 Å². The first-order chi connectivity index (χ1) is 11.2. The van der Waals surface area contributed by atoms with E-state index in [1.54, 1.807) is 7.11 Å². The number of carbonyl (C=O) groups is 1. The summed E-state index contributed by atoms with van der Waals surface area (Å²) in [6, 6.07) is 16.1. The monoisotopic (exact) mass is 373 g/mol. The molecule has 1 fully saturated rings. The van der Waals surface area contributed by atoms with Crippen LogP contribution >= 0.6 is 15.9 Å². The number of methoxy groups -OCH3 is 1. The van der Waals surface area contributed by atoms with Gasteiger partial charge in [-0.15, -0.1) is 0 Å². The first-order valence-corrected chi connectivity index (χ1v) is 8.66. The van der Waals surface area contributed by atoms with E-state index in [-0.39, 0.29) is 5.91 Å². The predicted octanol–water partition coefficient (Wildman–Crippen LogP) is 4.48. The van der Waals surface area contributed by atoms with Crippen LogP contribution in [0.4, 0.5) is 0 Å². The summed E-state index contributed by atoms with van der Waals surface area (Å²) in [5, 5.41) is 0. The molecule has 2 aromatic carbocycles. The fourth-order valence-corrected chi connectivity index (χ4v) is 3.66. The van der Waals surface area contributed by atoms with E-state index >= 15 is 0 Å². The molecule has 1 amide bonds. The molecule has 2 aromatic rings. The fourth-order valence-electron chi connectivity index (χ4n) is 3.12. The van der Waals surface area contributed by atoms with Gasteiger partial charge < -0.3 is 9.64 Å². The number of rotatable bonds is 3. The summed E-state index contributed by atoms with van der Waals surface area (Å²) < 4.78 is 6.03. The SMILES string of the molecule is COc1ccc(C(=O)N2CCC(c3ccccc3)CC2)cc1Br. The third-order valence-corrected chi connectivity index (χ3v) is 5.07. The summed E-state index contributed by atoms with van der Waals surface area (Å²) in [7, 11) is 1.62. The van der Waals surface area contributed by atoms with E-state index in [1.807, 2.05) is 29.2 Å². The Morgan fingerprint density at radius 3 is 2.43 bits per heavy atom. The van der Waals surface area contributed by atoms with Crippen LogP contribution in [0.5, 0.6) is 5.75 Å². The Balaban J connectivity index is 1.65. The van der Waals surface area contributed by atoms with Gasteiger partial charge in [-0.25, -0.2) is 0 Å². The van der Waals surface area contributed by atoms with Gasteiger partial charge in [0.2, 0.25) is 0 Å². The molecule has 23 heavy (non-hydrogen) atoms. The zero-order valence-electron chi connectivity index (χ0n) is 13.2. The topological polar surface area (TPSA) is 29.5 Å². The van der Waals surface area contributed by atoms with Crippen molar-refractivity contribution >= 4 is 21.8 Å². The summed E-state index contributed by atoms with van der Waals surface area (Å²) in [5.41, 5.74) is 2.09. The summed E-state index contributed by atoms with van der Waals surface area (Å²) >= 11 is 3.44. The van der Waals surface area contributed by atoms with Gasteiger partial charge >= 0.3 is 0 Å². The minimum atomic E-state index is 0.0971. The van der Waals surface area contributed by atoms with E-state index in [0.717, 1.165) is 36.2 Å². The Hall–Kier alpha value is -1.81. The molecule has 0 aliphatic carbocycles. The zero-order chi connectivity index (χ0) is 16.2. The maximum atomic E-state index is 12.7. The first-order valence-electron chi connectivity index (χ1n) is 7.87. The number of amides is 1. The molecule has 0 radical (unpaired) electrons. The maximum Gasteiger partial charge on any atom is 0.253 e. The van der Waals surface area contributed by atoms with Crippen molar-refractivity contribution in [3.8, 4) is 5.75 Å². The van der Waals surface area contributed by atoms with Crippen LogP contribution in [0.1, 0.15) is 34.7 Å². The van der Waals surface area contributed by atoms with Crippen LogP contribution in [-0.4, -0.2) is 31.0 Å². The highest BCUT2D eigenvalue weighted by Crippen LogP contribution is 2.30. The molecule has 1 aliphatic heterocycles. The molecular weight excluding hydrogens is 354 g/mol. The molecule has 0 aromatic heterocycles. The molecule has 1 saturated heterocycles. The fraction of sp³-hybridized carbons (Fsp3) is 0.316. The third kappa shape index (κ3) is 3.58. The number of halogens is 1. The second-order valence-electron chi connectivity index (χ2n) is 5.83. The van der Waals surface area contributed by atoms with Crippen LogP contribution in [0.15, 0.2) is 53.0 Å². The smallest absolute Gasteiger partial charge is 0.253 e. The molecule has 0 N–H and O–H groups in total. The highest BCUT2D eigenvalue weighted by Gasteiger charge is 2.24. The lowest BCUT2D eigenvalue weighted by atomic mass is 9.89. The van der Waals surface area contributed by atoms with Crippen LogP contribution in [0, 0.1) is 0 Å². The van der Waals surface area contributed by atoms with Gasteiger partial charge in [-0.2, -0.15) is 0 Å². The van der Waals surface area contributed by atoms with Crippen molar-refractivity contribution in [2.45, 2.75) is 18.8 Å². The molecule has 0 saturated carbocycles. The predicted molar refractivity (Wildman–Crippen MR) is 95.0 cm³/mol. The van der Waals surface area contributed by atoms with Gasteiger partial charge in [-0.1, -0.05) is 30.3 Å². The molecule has 0 unspecified atom stereocenters. The van der Waals surface area contributed by atoms with Crippen LogP contribution in [0.2, 0.25) is 0 Å². The second kappa shape index (κ2) is 7.18. The normalized spacial score (nSPS) is 15.5. The molecular formula is C19H20BrNO2. The minimum Gasteiger partial charge on any atom is -0.496 e. The van der Waals surface area contributed by atoms with Gasteiger partial charge in [0.15, 0.2) is 0 Å². The molecule has 120 valence electrons. The van der Waals surface area contributed by atoms with Crippen molar-refractivity contribution in [1.82, 2.24) is 4.90 Å². The lowest BCUT2D eigenvalue weighted by Gasteiger charge is -2.32. The standard InChI is InChI=1S/C19H20BrNO2/c1-23-18-8-7-16(13-17(18)20)19(22)21-11-9-15(10-12-21)14-5-3-2-4-6-14/h2-8,13,15H,9-12H2,1H3. The molecule has 1 aliphatic rings. The third-order valence-electron chi connectivity index (χ3n) is 4.45. The van der Waals surface area contributed by atoms with Gasteiger partial charge in [0.05, 0.1) is 11.6 Å². The van der Waals surface area contributed by atoms with Gasteiger partial charge in [0, 0.05) is 18.7 Å². The summed E-state index contributed by atoms with van der Waals surface area (Å²) in [5.74, 6) is 1.40. The van der Waals surface area contributed by atoms with Gasteiger partial charge in [0.1, 0.15) is 5.75 Å². The Kier molecular flexibility index (Phi) is 5.01. The van der Waals surface area contributed by atoms with Gasteiger partial charge in [0.25, 0.3) is 5.91 Å². The number of hydrogen-bond acceptors (Lipinski definition) is 2. The molecule has 1 heterocycles. The van der Waals surface area contributed by atoms with E-state index in [2.05, 4.69) is 40.2 Å². The van der Waals surface area contributed by atoms with Crippen molar-refractivity contribution in [2.75, 3.05) is 20.2 Å². The quantitative estimate of drug-likeness (QED) is 0.793. The summed E-state index contributed by atoms with van der Waals surface area (Å²) in [4.78, 5) is 14.6. The van der Waals surface area contributed by atoms with Crippen molar-refractivity contribution in [1.29, 1.82) is 0 Å². The highest BCUT2D eigenvalue weighted by molar-refractivity contribution is 9.10. The van der Waals surface area contributed by atoms with E-state index < -0.39 is 0 Å². The molecule has 3 nitrogen and oxygen atoms in total. The molecule has 4 heteroatoms. The first kappa shape index (κ1) is 16.1.